The van der Waals surface area contributed by atoms with Gasteiger partial charge in [0.2, 0.25) is 11.8 Å². The van der Waals surface area contributed by atoms with Crippen molar-refractivity contribution in [1.29, 1.82) is 0 Å². The molecule has 4 rings (SSSR count). The van der Waals surface area contributed by atoms with E-state index in [0.717, 1.165) is 12.2 Å². The summed E-state index contributed by atoms with van der Waals surface area (Å²) in [6.07, 6.45) is -0.855. The van der Waals surface area contributed by atoms with Gasteiger partial charge < -0.3 is 15.0 Å². The van der Waals surface area contributed by atoms with Crippen LogP contribution in [0.15, 0.2) is 42.6 Å². The number of pyridine rings is 1. The molecule has 10 heteroatoms. The molecule has 0 aliphatic carbocycles. The molecule has 0 bridgehead atoms. The lowest BCUT2D eigenvalue weighted by Gasteiger charge is -2.28. The van der Waals surface area contributed by atoms with Crippen molar-refractivity contribution in [3.63, 3.8) is 0 Å². The second kappa shape index (κ2) is 8.44. The molecule has 3 heterocycles. The Kier molecular flexibility index (Phi) is 5.55. The smallest absolute Gasteiger partial charge is 0.263 e. The van der Waals surface area contributed by atoms with Crippen LogP contribution < -0.4 is 15.0 Å². The van der Waals surface area contributed by atoms with Crippen molar-refractivity contribution in [2.24, 2.45) is 0 Å². The molecule has 3 aromatic rings. The van der Waals surface area contributed by atoms with Crippen molar-refractivity contribution in [3.8, 4) is 11.6 Å². The maximum atomic E-state index is 12.8. The van der Waals surface area contributed by atoms with E-state index in [1.54, 1.807) is 36.0 Å². The molecule has 0 saturated carbocycles. The van der Waals surface area contributed by atoms with Crippen molar-refractivity contribution in [2.45, 2.75) is 20.0 Å². The van der Waals surface area contributed by atoms with E-state index in [4.69, 9.17) is 4.74 Å². The van der Waals surface area contributed by atoms with Crippen molar-refractivity contribution < 1.29 is 18.3 Å². The molecule has 1 saturated heterocycles. The summed E-state index contributed by atoms with van der Waals surface area (Å²) in [7, 11) is 0. The second-order valence-electron chi connectivity index (χ2n) is 6.84. The summed E-state index contributed by atoms with van der Waals surface area (Å²) in [4.78, 5) is 17.8. The van der Waals surface area contributed by atoms with Crippen molar-refractivity contribution >= 4 is 11.6 Å². The number of ether oxygens (including phenoxy) is 1. The Morgan fingerprint density at radius 1 is 1.17 bits per heavy atom. The quantitative estimate of drug-likeness (QED) is 0.667. The summed E-state index contributed by atoms with van der Waals surface area (Å²) in [5.74, 6) is 0.403. The number of aromatic nitrogens is 4. The van der Waals surface area contributed by atoms with Crippen LogP contribution in [0.3, 0.4) is 0 Å². The van der Waals surface area contributed by atoms with E-state index in [9.17, 15) is 13.6 Å². The Morgan fingerprint density at radius 2 is 1.93 bits per heavy atom. The minimum Gasteiger partial charge on any atom is -0.471 e. The van der Waals surface area contributed by atoms with Gasteiger partial charge in [0.1, 0.15) is 12.3 Å². The third-order valence-electron chi connectivity index (χ3n) is 4.83. The molecule has 2 aromatic heterocycles. The standard InChI is InChI=1S/C20H20F2N6O2/c1-13-17(28(26-25-13)15-4-2-14(3-5-15)20(21)22)12-30-19-7-6-16(10-24-19)27-9-8-23-18(29)11-27/h2-7,10,20H,8-9,11-12H2,1H3,(H,23,29). The van der Waals surface area contributed by atoms with Gasteiger partial charge in [-0.15, -0.1) is 5.10 Å². The summed E-state index contributed by atoms with van der Waals surface area (Å²) in [5.41, 5.74) is 2.77. The number of carbonyl (C=O) groups excluding carboxylic acids is 1. The topological polar surface area (TPSA) is 85.2 Å². The second-order valence-corrected chi connectivity index (χ2v) is 6.84. The number of hydrogen-bond donors (Lipinski definition) is 1. The number of benzene rings is 1. The number of carbonyl (C=O) groups is 1. The third-order valence-corrected chi connectivity index (χ3v) is 4.83. The van der Waals surface area contributed by atoms with Gasteiger partial charge in [0.25, 0.3) is 6.43 Å². The Bertz CT molecular complexity index is 1020. The number of halogens is 2. The zero-order valence-corrected chi connectivity index (χ0v) is 16.3. The molecule has 1 aromatic carbocycles. The molecule has 30 heavy (non-hydrogen) atoms. The summed E-state index contributed by atoms with van der Waals surface area (Å²) in [6, 6.07) is 9.46. The molecular formula is C20H20F2N6O2. The highest BCUT2D eigenvalue weighted by atomic mass is 19.3. The number of rotatable bonds is 6. The first-order valence-corrected chi connectivity index (χ1v) is 9.41. The molecular weight excluding hydrogens is 394 g/mol. The number of anilines is 1. The number of nitrogens with zero attached hydrogens (tertiary/aromatic N) is 5. The molecule has 0 radical (unpaired) electrons. The molecule has 0 unspecified atom stereocenters. The molecule has 1 fully saturated rings. The Hall–Kier alpha value is -3.56. The number of piperazine rings is 1. The van der Waals surface area contributed by atoms with Crippen LogP contribution in [0.5, 0.6) is 5.88 Å². The first-order chi connectivity index (χ1) is 14.5. The summed E-state index contributed by atoms with van der Waals surface area (Å²) in [6.45, 7) is 3.59. The number of aryl methyl sites for hydroxylation is 1. The number of alkyl halides is 2. The largest absolute Gasteiger partial charge is 0.471 e. The molecule has 1 amide bonds. The van der Waals surface area contributed by atoms with E-state index in [0.29, 0.717) is 36.0 Å². The van der Waals surface area contributed by atoms with E-state index in [-0.39, 0.29) is 18.1 Å². The van der Waals surface area contributed by atoms with Crippen LogP contribution in [0.2, 0.25) is 0 Å². The van der Waals surface area contributed by atoms with Crippen LogP contribution in [-0.4, -0.2) is 45.5 Å². The number of amides is 1. The van der Waals surface area contributed by atoms with Crippen LogP contribution in [0, 0.1) is 6.92 Å². The first-order valence-electron chi connectivity index (χ1n) is 9.41. The van der Waals surface area contributed by atoms with Gasteiger partial charge in [-0.3, -0.25) is 4.79 Å². The Balaban J connectivity index is 1.45. The minimum atomic E-state index is -2.52. The van der Waals surface area contributed by atoms with E-state index >= 15 is 0 Å². The van der Waals surface area contributed by atoms with Crippen LogP contribution in [0.25, 0.3) is 5.69 Å². The summed E-state index contributed by atoms with van der Waals surface area (Å²) in [5, 5.41) is 10.9. The van der Waals surface area contributed by atoms with Crippen LogP contribution in [-0.2, 0) is 11.4 Å². The van der Waals surface area contributed by atoms with Gasteiger partial charge in [0, 0.05) is 24.7 Å². The van der Waals surface area contributed by atoms with Crippen LogP contribution in [0.4, 0.5) is 14.5 Å². The molecule has 8 nitrogen and oxygen atoms in total. The summed E-state index contributed by atoms with van der Waals surface area (Å²) >= 11 is 0. The van der Waals surface area contributed by atoms with E-state index in [1.807, 2.05) is 11.0 Å². The number of nitrogens with one attached hydrogen (secondary N) is 1. The lowest BCUT2D eigenvalue weighted by atomic mass is 10.2. The summed E-state index contributed by atoms with van der Waals surface area (Å²) < 4.78 is 32.9. The Morgan fingerprint density at radius 3 is 2.60 bits per heavy atom. The van der Waals surface area contributed by atoms with E-state index in [1.165, 1.54) is 12.1 Å². The fourth-order valence-electron chi connectivity index (χ4n) is 3.16. The SMILES string of the molecule is Cc1nnn(-c2ccc(C(F)F)cc2)c1COc1ccc(N2CCNC(=O)C2)cn1. The van der Waals surface area contributed by atoms with Crippen molar-refractivity contribution in [3.05, 3.63) is 59.5 Å². The average molecular weight is 414 g/mol. The highest BCUT2D eigenvalue weighted by molar-refractivity contribution is 5.82. The van der Waals surface area contributed by atoms with Crippen molar-refractivity contribution in [2.75, 3.05) is 24.5 Å². The van der Waals surface area contributed by atoms with Gasteiger partial charge in [-0.25, -0.2) is 18.4 Å². The molecule has 0 atom stereocenters. The van der Waals surface area contributed by atoms with Gasteiger partial charge in [0.15, 0.2) is 0 Å². The Labute approximate surface area is 171 Å². The van der Waals surface area contributed by atoms with Gasteiger partial charge in [-0.05, 0) is 25.1 Å². The highest BCUT2D eigenvalue weighted by Gasteiger charge is 2.17. The average Bonchev–Trinajstić information content (AvgIpc) is 3.13. The van der Waals surface area contributed by atoms with Gasteiger partial charge in [-0.1, -0.05) is 17.3 Å². The zero-order valence-electron chi connectivity index (χ0n) is 16.3. The highest BCUT2D eigenvalue weighted by Crippen LogP contribution is 2.22. The van der Waals surface area contributed by atoms with Crippen LogP contribution in [0.1, 0.15) is 23.4 Å². The van der Waals surface area contributed by atoms with Gasteiger partial charge >= 0.3 is 0 Å². The molecule has 1 N–H and O–H groups in total. The fourth-order valence-corrected chi connectivity index (χ4v) is 3.16. The molecule has 0 spiro atoms. The van der Waals surface area contributed by atoms with E-state index in [2.05, 4.69) is 20.6 Å². The number of hydrogen-bond acceptors (Lipinski definition) is 6. The van der Waals surface area contributed by atoms with Gasteiger partial charge in [0.05, 0.1) is 29.8 Å². The van der Waals surface area contributed by atoms with Crippen molar-refractivity contribution in [1.82, 2.24) is 25.3 Å². The minimum absolute atomic E-state index is 0.0144. The lowest BCUT2D eigenvalue weighted by molar-refractivity contribution is -0.120. The molecule has 156 valence electrons. The fraction of sp³-hybridized carbons (Fsp3) is 0.300. The van der Waals surface area contributed by atoms with E-state index < -0.39 is 6.43 Å². The normalized spacial score (nSPS) is 14.1. The maximum Gasteiger partial charge on any atom is 0.263 e. The third kappa shape index (κ3) is 4.22. The van der Waals surface area contributed by atoms with Crippen LogP contribution >= 0.6 is 0 Å². The maximum absolute atomic E-state index is 12.8. The molecule has 1 aliphatic rings. The van der Waals surface area contributed by atoms with Gasteiger partial charge in [-0.2, -0.15) is 0 Å². The monoisotopic (exact) mass is 414 g/mol. The predicted molar refractivity (Wildman–Crippen MR) is 105 cm³/mol. The molecule has 1 aliphatic heterocycles. The zero-order chi connectivity index (χ0) is 21.1. The predicted octanol–water partition coefficient (Wildman–Crippen LogP) is 2.42. The lowest BCUT2D eigenvalue weighted by Crippen LogP contribution is -2.47. The first kappa shape index (κ1) is 19.7.